The molecular weight excluding hydrogens is 323 g/mol. The molecule has 7 heteroatoms. The Morgan fingerprint density at radius 3 is 2.41 bits per heavy atom. The SMILES string of the molecule is O=C(c1ccc(Cl)nn1)N1CCN(c2cccc(Cl)c2)CC1. The van der Waals surface area contributed by atoms with Gasteiger partial charge in [-0.05, 0) is 30.3 Å². The zero-order valence-corrected chi connectivity index (χ0v) is 13.3. The van der Waals surface area contributed by atoms with Crippen LogP contribution in [0, 0.1) is 0 Å². The number of halogens is 2. The van der Waals surface area contributed by atoms with Crippen LogP contribution in [0.1, 0.15) is 10.5 Å². The quantitative estimate of drug-likeness (QED) is 0.846. The fourth-order valence-electron chi connectivity index (χ4n) is 2.43. The summed E-state index contributed by atoms with van der Waals surface area (Å²) in [6.45, 7) is 2.78. The van der Waals surface area contributed by atoms with E-state index in [1.807, 2.05) is 24.3 Å². The molecule has 0 N–H and O–H groups in total. The number of benzene rings is 1. The lowest BCUT2D eigenvalue weighted by Crippen LogP contribution is -2.49. The van der Waals surface area contributed by atoms with E-state index in [2.05, 4.69) is 15.1 Å². The summed E-state index contributed by atoms with van der Waals surface area (Å²) in [5.74, 6) is -0.116. The number of rotatable bonds is 2. The van der Waals surface area contributed by atoms with Gasteiger partial charge in [-0.2, -0.15) is 0 Å². The number of carbonyl (C=O) groups is 1. The van der Waals surface area contributed by atoms with Crippen molar-refractivity contribution in [3.05, 3.63) is 52.3 Å². The van der Waals surface area contributed by atoms with Crippen LogP contribution in [0.15, 0.2) is 36.4 Å². The Morgan fingerprint density at radius 2 is 1.77 bits per heavy atom. The zero-order chi connectivity index (χ0) is 15.5. The number of hydrogen-bond acceptors (Lipinski definition) is 4. The van der Waals surface area contributed by atoms with Crippen LogP contribution < -0.4 is 4.90 Å². The Morgan fingerprint density at radius 1 is 1.00 bits per heavy atom. The van der Waals surface area contributed by atoms with Crippen LogP contribution in [-0.4, -0.2) is 47.2 Å². The highest BCUT2D eigenvalue weighted by Crippen LogP contribution is 2.21. The van der Waals surface area contributed by atoms with Crippen LogP contribution >= 0.6 is 23.2 Å². The Bertz CT molecular complexity index is 669. The average molecular weight is 337 g/mol. The lowest BCUT2D eigenvalue weighted by atomic mass is 10.2. The van der Waals surface area contributed by atoms with Gasteiger partial charge >= 0.3 is 0 Å². The summed E-state index contributed by atoms with van der Waals surface area (Å²) in [6.07, 6.45) is 0. The van der Waals surface area contributed by atoms with E-state index in [4.69, 9.17) is 23.2 Å². The van der Waals surface area contributed by atoms with E-state index in [1.165, 1.54) is 0 Å². The Hall–Kier alpha value is -1.85. The van der Waals surface area contributed by atoms with E-state index >= 15 is 0 Å². The molecule has 0 atom stereocenters. The van der Waals surface area contributed by atoms with Gasteiger partial charge in [0.1, 0.15) is 0 Å². The number of carbonyl (C=O) groups excluding carboxylic acids is 1. The zero-order valence-electron chi connectivity index (χ0n) is 11.7. The Balaban J connectivity index is 1.64. The molecule has 1 aliphatic rings. The third kappa shape index (κ3) is 3.31. The van der Waals surface area contributed by atoms with Crippen LogP contribution in [0.2, 0.25) is 10.2 Å². The Kier molecular flexibility index (Phi) is 4.45. The number of anilines is 1. The van der Waals surface area contributed by atoms with Crippen LogP contribution in [-0.2, 0) is 0 Å². The van der Waals surface area contributed by atoms with Gasteiger partial charge in [0, 0.05) is 36.9 Å². The first-order valence-corrected chi connectivity index (χ1v) is 7.68. The number of aromatic nitrogens is 2. The molecule has 3 rings (SSSR count). The maximum atomic E-state index is 12.3. The van der Waals surface area contributed by atoms with Crippen molar-refractivity contribution in [3.63, 3.8) is 0 Å². The molecule has 1 saturated heterocycles. The highest BCUT2D eigenvalue weighted by molar-refractivity contribution is 6.30. The molecule has 0 aliphatic carbocycles. The van der Waals surface area contributed by atoms with Crippen LogP contribution in [0.25, 0.3) is 0 Å². The topological polar surface area (TPSA) is 49.3 Å². The average Bonchev–Trinajstić information content (AvgIpc) is 2.55. The molecule has 2 aromatic rings. The summed E-state index contributed by atoms with van der Waals surface area (Å²) in [6, 6.07) is 10.9. The maximum absolute atomic E-state index is 12.3. The number of hydrogen-bond donors (Lipinski definition) is 0. The third-order valence-corrected chi connectivity index (χ3v) is 4.03. The van der Waals surface area contributed by atoms with Crippen molar-refractivity contribution in [1.82, 2.24) is 15.1 Å². The number of piperazine rings is 1. The molecule has 0 spiro atoms. The summed E-state index contributed by atoms with van der Waals surface area (Å²) in [5, 5.41) is 8.54. The molecule has 0 unspecified atom stereocenters. The number of nitrogens with zero attached hydrogens (tertiary/aromatic N) is 4. The molecule has 1 aliphatic heterocycles. The number of amides is 1. The molecule has 0 saturated carbocycles. The maximum Gasteiger partial charge on any atom is 0.274 e. The summed E-state index contributed by atoms with van der Waals surface area (Å²) in [4.78, 5) is 16.3. The third-order valence-electron chi connectivity index (χ3n) is 3.59. The van der Waals surface area contributed by atoms with Gasteiger partial charge in [-0.1, -0.05) is 29.3 Å². The van der Waals surface area contributed by atoms with E-state index < -0.39 is 0 Å². The van der Waals surface area contributed by atoms with Gasteiger partial charge in [0.15, 0.2) is 10.8 Å². The minimum Gasteiger partial charge on any atom is -0.368 e. The van der Waals surface area contributed by atoms with Gasteiger partial charge in [0.2, 0.25) is 0 Å². The highest BCUT2D eigenvalue weighted by atomic mass is 35.5. The smallest absolute Gasteiger partial charge is 0.274 e. The second-order valence-electron chi connectivity index (χ2n) is 5.00. The largest absolute Gasteiger partial charge is 0.368 e. The lowest BCUT2D eigenvalue weighted by Gasteiger charge is -2.36. The molecule has 22 heavy (non-hydrogen) atoms. The normalized spacial score (nSPS) is 15.0. The van der Waals surface area contributed by atoms with Crippen LogP contribution in [0.5, 0.6) is 0 Å². The summed E-state index contributed by atoms with van der Waals surface area (Å²) >= 11 is 11.7. The van der Waals surface area contributed by atoms with Crippen molar-refractivity contribution in [2.75, 3.05) is 31.1 Å². The first-order valence-electron chi connectivity index (χ1n) is 6.92. The van der Waals surface area contributed by atoms with Gasteiger partial charge in [-0.15, -0.1) is 10.2 Å². The van der Waals surface area contributed by atoms with Crippen LogP contribution in [0.4, 0.5) is 5.69 Å². The van der Waals surface area contributed by atoms with Gasteiger partial charge in [-0.25, -0.2) is 0 Å². The molecule has 5 nitrogen and oxygen atoms in total. The monoisotopic (exact) mass is 336 g/mol. The second-order valence-corrected chi connectivity index (χ2v) is 5.82. The molecule has 114 valence electrons. The molecule has 1 amide bonds. The molecule has 2 heterocycles. The molecule has 1 aromatic heterocycles. The Labute approximate surface area is 138 Å². The van der Waals surface area contributed by atoms with Crippen molar-refractivity contribution in [3.8, 4) is 0 Å². The molecule has 1 aromatic carbocycles. The summed E-state index contributed by atoms with van der Waals surface area (Å²) in [7, 11) is 0. The van der Waals surface area contributed by atoms with Crippen molar-refractivity contribution in [2.24, 2.45) is 0 Å². The van der Waals surface area contributed by atoms with Gasteiger partial charge in [-0.3, -0.25) is 4.79 Å². The first-order chi connectivity index (χ1) is 10.6. The fourth-order valence-corrected chi connectivity index (χ4v) is 2.72. The predicted octanol–water partition coefficient (Wildman–Crippen LogP) is 2.75. The fraction of sp³-hybridized carbons (Fsp3) is 0.267. The van der Waals surface area contributed by atoms with E-state index in [1.54, 1.807) is 17.0 Å². The highest BCUT2D eigenvalue weighted by Gasteiger charge is 2.23. The second kappa shape index (κ2) is 6.50. The summed E-state index contributed by atoms with van der Waals surface area (Å²) in [5.41, 5.74) is 1.39. The van der Waals surface area contributed by atoms with Crippen LogP contribution in [0.3, 0.4) is 0 Å². The molecular formula is C15H14Cl2N4O. The van der Waals surface area contributed by atoms with Gasteiger partial charge in [0.05, 0.1) is 0 Å². The van der Waals surface area contributed by atoms with Crippen molar-refractivity contribution in [2.45, 2.75) is 0 Å². The lowest BCUT2D eigenvalue weighted by molar-refractivity contribution is 0.0739. The van der Waals surface area contributed by atoms with Crippen molar-refractivity contribution >= 4 is 34.8 Å². The minimum absolute atomic E-state index is 0.116. The van der Waals surface area contributed by atoms with E-state index in [9.17, 15) is 4.79 Å². The standard InChI is InChI=1S/C15H14Cl2N4O/c16-11-2-1-3-12(10-11)20-6-8-21(9-7-20)15(22)13-4-5-14(17)19-18-13/h1-5,10H,6-9H2. The minimum atomic E-state index is -0.116. The van der Waals surface area contributed by atoms with E-state index in [0.717, 1.165) is 18.8 Å². The summed E-state index contributed by atoms with van der Waals surface area (Å²) < 4.78 is 0. The first kappa shape index (κ1) is 15.1. The van der Waals surface area contributed by atoms with E-state index in [0.29, 0.717) is 23.8 Å². The van der Waals surface area contributed by atoms with Gasteiger partial charge < -0.3 is 9.80 Å². The molecule has 0 bridgehead atoms. The van der Waals surface area contributed by atoms with Crippen molar-refractivity contribution < 1.29 is 4.79 Å². The van der Waals surface area contributed by atoms with E-state index in [-0.39, 0.29) is 11.1 Å². The predicted molar refractivity (Wildman–Crippen MR) is 86.6 cm³/mol. The molecule has 1 fully saturated rings. The van der Waals surface area contributed by atoms with Crippen molar-refractivity contribution in [1.29, 1.82) is 0 Å². The van der Waals surface area contributed by atoms with Gasteiger partial charge in [0.25, 0.3) is 5.91 Å². The molecule has 0 radical (unpaired) electrons.